The molecule has 450 valence electrons. The summed E-state index contributed by atoms with van der Waals surface area (Å²) in [5.74, 6) is 1.12. The van der Waals surface area contributed by atoms with Gasteiger partial charge in [-0.1, -0.05) is 36.4 Å². The first-order chi connectivity index (χ1) is 39.9. The fourth-order valence-corrected chi connectivity index (χ4v) is 14.2. The highest BCUT2D eigenvalue weighted by Crippen LogP contribution is 2.43. The van der Waals surface area contributed by atoms with E-state index in [1.807, 2.05) is 54.6 Å². The number of hydrogen-bond acceptors (Lipinski definition) is 21. The summed E-state index contributed by atoms with van der Waals surface area (Å²) in [6, 6.07) is 16.8. The number of nitrogens with one attached hydrogen (secondary N) is 3. The second kappa shape index (κ2) is 23.4. The quantitative estimate of drug-likeness (QED) is 0.121. The number of benzene rings is 3. The molecule has 0 aliphatic carbocycles. The Labute approximate surface area is 486 Å². The van der Waals surface area contributed by atoms with E-state index in [9.17, 15) is 39.6 Å². The lowest BCUT2D eigenvalue weighted by atomic mass is 9.90. The van der Waals surface area contributed by atoms with Crippen LogP contribution >= 0.6 is 0 Å². The third-order valence-corrected chi connectivity index (χ3v) is 20.0. The average molecular weight is 1220 g/mol. The Morgan fingerprint density at radius 3 is 0.964 bits per heavy atom. The molecule has 0 radical (unpaired) electrons. The molecule has 0 saturated carbocycles. The zero-order valence-electron chi connectivity index (χ0n) is 47.4. The van der Waals surface area contributed by atoms with Gasteiger partial charge in [0.15, 0.2) is 0 Å². The molecular weight excluding hydrogens is 1150 g/mol. The van der Waals surface area contributed by atoms with Crippen LogP contribution in [0.15, 0.2) is 54.6 Å². The molecule has 9 N–H and O–H groups in total. The minimum atomic E-state index is -3.32. The third-order valence-electron chi connectivity index (χ3n) is 16.2. The lowest BCUT2D eigenvalue weighted by Gasteiger charge is -2.27. The zero-order chi connectivity index (χ0) is 60.2. The number of methoxy groups -OCH3 is 3. The molecule has 3 atom stereocenters. The number of aromatic nitrogens is 6. The number of rotatable bonds is 9. The number of para-hydroxylation sites is 3. The number of ether oxygens (including phenoxy) is 3. The molecule has 30 heteroatoms. The maximum Gasteiger partial charge on any atom is 0.256 e. The summed E-state index contributed by atoms with van der Waals surface area (Å²) in [6.45, 7) is 3.31. The van der Waals surface area contributed by atoms with E-state index < -0.39 is 47.8 Å². The van der Waals surface area contributed by atoms with Crippen molar-refractivity contribution in [3.05, 3.63) is 105 Å². The summed E-state index contributed by atoms with van der Waals surface area (Å²) >= 11 is 0. The monoisotopic (exact) mass is 1220 g/mol. The van der Waals surface area contributed by atoms with Crippen molar-refractivity contribution in [2.45, 2.75) is 75.9 Å². The van der Waals surface area contributed by atoms with Gasteiger partial charge >= 0.3 is 0 Å². The van der Waals surface area contributed by atoms with Gasteiger partial charge in [-0.3, -0.25) is 14.4 Å². The van der Waals surface area contributed by atoms with Gasteiger partial charge in [0.05, 0.1) is 112 Å². The summed E-state index contributed by atoms with van der Waals surface area (Å²) in [6.07, 6.45) is 6.66. The van der Waals surface area contributed by atoms with Gasteiger partial charge in [-0.2, -0.15) is 42.3 Å². The second-order valence-corrected chi connectivity index (χ2v) is 27.2. The van der Waals surface area contributed by atoms with Gasteiger partial charge in [-0.05, 0) is 73.4 Å². The molecule has 6 aliphatic rings. The van der Waals surface area contributed by atoms with Gasteiger partial charge in [0, 0.05) is 56.0 Å². The first-order valence-electron chi connectivity index (χ1n) is 27.2. The molecule has 0 fully saturated rings. The van der Waals surface area contributed by atoms with Crippen molar-refractivity contribution in [3.63, 3.8) is 0 Å². The molecule has 3 aromatic heterocycles. The molecule has 6 aromatic rings. The first-order valence-corrected chi connectivity index (χ1v) is 32.8. The molecule has 84 heavy (non-hydrogen) atoms. The standard InChI is InChI=1S/3C18H23N5O4S/c3*1-27-15-5-3-4-11-12(6-8-20-16(11)15)18(24)23-17(19)13-7-9-22(28(2,25)26)10-14(13)21-23/h3*3-5,12,20H,6-10,19H2,1-2H3/t12-;;/m0../s1. The van der Waals surface area contributed by atoms with Crippen LogP contribution in [-0.2, 0) is 69.0 Å². The number of fused-ring (bicyclic) bond motifs is 6. The minimum absolute atomic E-state index is 0.134. The van der Waals surface area contributed by atoms with E-state index in [-0.39, 0.29) is 37.4 Å². The van der Waals surface area contributed by atoms with Crippen molar-refractivity contribution in [1.29, 1.82) is 0 Å². The molecule has 9 heterocycles. The number of nitrogens with zero attached hydrogens (tertiary/aromatic N) is 9. The van der Waals surface area contributed by atoms with Crippen molar-refractivity contribution < 1.29 is 53.8 Å². The Hall–Kier alpha value is -7.77. The van der Waals surface area contributed by atoms with Crippen molar-refractivity contribution in [1.82, 2.24) is 42.3 Å². The van der Waals surface area contributed by atoms with E-state index >= 15 is 0 Å². The van der Waals surface area contributed by atoms with Gasteiger partial charge in [-0.25, -0.2) is 25.3 Å². The summed E-state index contributed by atoms with van der Waals surface area (Å²) in [7, 11) is -5.19. The van der Waals surface area contributed by atoms with Crippen LogP contribution in [0, 0.1) is 0 Å². The van der Waals surface area contributed by atoms with E-state index in [4.69, 9.17) is 31.4 Å². The van der Waals surface area contributed by atoms with Gasteiger partial charge in [-0.15, -0.1) is 0 Å². The van der Waals surface area contributed by atoms with Crippen LogP contribution in [0.2, 0.25) is 0 Å². The normalized spacial score (nSPS) is 19.4. The van der Waals surface area contributed by atoms with Crippen LogP contribution in [0.25, 0.3) is 0 Å². The van der Waals surface area contributed by atoms with E-state index in [0.717, 1.165) is 50.4 Å². The average Bonchev–Trinajstić information content (AvgIpc) is 3.99. The number of sulfonamides is 3. The van der Waals surface area contributed by atoms with Crippen LogP contribution in [0.1, 0.15) is 102 Å². The predicted octanol–water partition coefficient (Wildman–Crippen LogP) is 3.09. The predicted molar refractivity (Wildman–Crippen MR) is 315 cm³/mol. The Kier molecular flexibility index (Phi) is 16.5. The molecule has 3 aromatic carbocycles. The van der Waals surface area contributed by atoms with Crippen LogP contribution in [0.4, 0.5) is 34.5 Å². The van der Waals surface area contributed by atoms with Crippen molar-refractivity contribution >= 4 is 82.3 Å². The summed E-state index contributed by atoms with van der Waals surface area (Å²) in [5, 5.41) is 23.0. The minimum Gasteiger partial charge on any atom is -0.495 e. The van der Waals surface area contributed by atoms with Gasteiger partial charge < -0.3 is 47.4 Å². The maximum absolute atomic E-state index is 13.3. The highest BCUT2D eigenvalue weighted by molar-refractivity contribution is 7.88. The molecular formula is C54H69N15O12S3. The SMILES string of the molecule is COc1cccc2c1NCCC2C(=O)n1nc2c(c1N)CCN(S(C)(=O)=O)C2.COc1cccc2c1NCCC2C(=O)n1nc2c(c1N)CCN(S(C)(=O)=O)C2.COc1cccc2c1NCC[C@@H]2C(=O)n1nc2c(c1N)CCN(S(C)(=O)=O)C2. The molecule has 0 amide bonds. The van der Waals surface area contributed by atoms with Crippen LogP contribution in [0.3, 0.4) is 0 Å². The Balaban J connectivity index is 0.000000140. The number of carbonyl (C=O) groups is 3. The Morgan fingerprint density at radius 1 is 0.464 bits per heavy atom. The molecule has 0 spiro atoms. The number of nitrogens with two attached hydrogens (primary N) is 3. The second-order valence-electron chi connectivity index (χ2n) is 21.3. The number of nitrogen functional groups attached to an aromatic ring is 3. The number of anilines is 6. The highest BCUT2D eigenvalue weighted by Gasteiger charge is 2.38. The van der Waals surface area contributed by atoms with Gasteiger partial charge in [0.25, 0.3) is 17.7 Å². The number of hydrogen-bond donors (Lipinski definition) is 6. The van der Waals surface area contributed by atoms with Crippen molar-refractivity contribution in [2.75, 3.05) is 113 Å². The fraction of sp³-hybridized carbons (Fsp3) is 0.444. The molecule has 6 aliphatic heterocycles. The lowest BCUT2D eigenvalue weighted by Crippen LogP contribution is -2.35. The molecule has 27 nitrogen and oxygen atoms in total. The highest BCUT2D eigenvalue weighted by atomic mass is 32.2. The molecule has 0 bridgehead atoms. The summed E-state index contributed by atoms with van der Waals surface area (Å²) in [5.41, 5.74) is 27.6. The van der Waals surface area contributed by atoms with Crippen LogP contribution in [-0.4, -0.2) is 165 Å². The smallest absolute Gasteiger partial charge is 0.256 e. The Bertz CT molecular complexity index is 3540. The molecule has 2 unspecified atom stereocenters. The van der Waals surface area contributed by atoms with Gasteiger partial charge in [0.2, 0.25) is 30.1 Å². The van der Waals surface area contributed by atoms with Crippen molar-refractivity contribution in [3.8, 4) is 17.2 Å². The zero-order valence-corrected chi connectivity index (χ0v) is 49.9. The molecule has 12 rings (SSSR count). The van der Waals surface area contributed by atoms with Gasteiger partial charge in [0.1, 0.15) is 34.7 Å². The van der Waals surface area contributed by atoms with Crippen LogP contribution < -0.4 is 47.4 Å². The summed E-state index contributed by atoms with van der Waals surface area (Å²) in [4.78, 5) is 39.9. The van der Waals surface area contributed by atoms with E-state index in [1.54, 1.807) is 21.3 Å². The fourth-order valence-electron chi connectivity index (χ4n) is 11.8. The Morgan fingerprint density at radius 2 is 0.726 bits per heavy atom. The number of carbonyl (C=O) groups excluding carboxylic acids is 3. The topological polar surface area (TPSA) is 359 Å². The van der Waals surface area contributed by atoms with Crippen LogP contribution in [0.5, 0.6) is 17.2 Å². The summed E-state index contributed by atoms with van der Waals surface area (Å²) < 4.78 is 95.0. The largest absolute Gasteiger partial charge is 0.495 e. The van der Waals surface area contributed by atoms with E-state index in [1.165, 1.54) is 45.7 Å². The van der Waals surface area contributed by atoms with Crippen molar-refractivity contribution in [2.24, 2.45) is 0 Å². The van der Waals surface area contributed by atoms with E-state index in [2.05, 4.69) is 31.2 Å². The third kappa shape index (κ3) is 11.4. The molecule has 0 saturated heterocycles. The lowest BCUT2D eigenvalue weighted by molar-refractivity contribution is 0.0851. The first kappa shape index (κ1) is 59.4. The maximum atomic E-state index is 13.3. The van der Waals surface area contributed by atoms with E-state index in [0.29, 0.717) is 130 Å².